The lowest BCUT2D eigenvalue weighted by atomic mass is 10.1. The van der Waals surface area contributed by atoms with E-state index < -0.39 is 0 Å². The molecule has 21 heavy (non-hydrogen) atoms. The zero-order valence-electron chi connectivity index (χ0n) is 11.9. The van der Waals surface area contributed by atoms with Crippen LogP contribution in [-0.4, -0.2) is 20.2 Å². The van der Waals surface area contributed by atoms with Crippen LogP contribution in [0.25, 0.3) is 17.1 Å². The van der Waals surface area contributed by atoms with Gasteiger partial charge in [0, 0.05) is 16.9 Å². The predicted octanol–water partition coefficient (Wildman–Crippen LogP) is 2.11. The molecule has 0 spiro atoms. The van der Waals surface area contributed by atoms with Crippen LogP contribution < -0.4 is 11.5 Å². The van der Waals surface area contributed by atoms with Crippen molar-refractivity contribution in [3.8, 4) is 17.1 Å². The molecule has 0 atom stereocenters. The Hall–Kier alpha value is -2.89. The molecule has 0 bridgehead atoms. The maximum absolute atomic E-state index is 6.04. The van der Waals surface area contributed by atoms with E-state index in [1.807, 2.05) is 25.1 Å². The maximum atomic E-state index is 6.04. The summed E-state index contributed by atoms with van der Waals surface area (Å²) in [5, 5.41) is 12.0. The molecular weight excluding hydrogens is 264 g/mol. The zero-order chi connectivity index (χ0) is 15.0. The summed E-state index contributed by atoms with van der Waals surface area (Å²) in [5.74, 6) is 0.598. The van der Waals surface area contributed by atoms with Crippen LogP contribution in [0.2, 0.25) is 0 Å². The average molecular weight is 280 g/mol. The highest BCUT2D eigenvalue weighted by atomic mass is 15.5. The summed E-state index contributed by atoms with van der Waals surface area (Å²) in [4.78, 5) is 0. The van der Waals surface area contributed by atoms with E-state index in [2.05, 4.69) is 28.5 Å². The number of nitrogen functional groups attached to an aromatic ring is 2. The topological polar surface area (TPSA) is 95.6 Å². The van der Waals surface area contributed by atoms with Crippen LogP contribution >= 0.6 is 0 Å². The van der Waals surface area contributed by atoms with Crippen molar-refractivity contribution < 1.29 is 0 Å². The van der Waals surface area contributed by atoms with E-state index in [1.54, 1.807) is 16.8 Å². The van der Waals surface area contributed by atoms with Crippen molar-refractivity contribution >= 4 is 11.4 Å². The number of tetrazole rings is 1. The molecule has 4 N–H and O–H groups in total. The molecule has 0 unspecified atom stereocenters. The quantitative estimate of drug-likeness (QED) is 0.701. The van der Waals surface area contributed by atoms with Crippen molar-refractivity contribution in [1.82, 2.24) is 20.2 Å². The van der Waals surface area contributed by atoms with Gasteiger partial charge in [0.25, 0.3) is 0 Å². The largest absolute Gasteiger partial charge is 0.399 e. The number of aryl methyl sites for hydroxylation is 1. The molecule has 0 radical (unpaired) electrons. The lowest BCUT2D eigenvalue weighted by Gasteiger charge is -2.11. The van der Waals surface area contributed by atoms with Gasteiger partial charge in [-0.05, 0) is 59.7 Å². The minimum Gasteiger partial charge on any atom is -0.399 e. The first-order chi connectivity index (χ1) is 10.1. The highest BCUT2D eigenvalue weighted by Crippen LogP contribution is 2.28. The van der Waals surface area contributed by atoms with Crippen LogP contribution in [0.4, 0.5) is 11.4 Å². The van der Waals surface area contributed by atoms with E-state index in [4.69, 9.17) is 11.5 Å². The Morgan fingerprint density at radius 3 is 2.62 bits per heavy atom. The molecule has 3 aromatic rings. The summed E-state index contributed by atoms with van der Waals surface area (Å²) in [6.07, 6.45) is 0. The third-order valence-electron chi connectivity index (χ3n) is 3.59. The van der Waals surface area contributed by atoms with Gasteiger partial charge >= 0.3 is 0 Å². The Labute approximate surface area is 122 Å². The summed E-state index contributed by atoms with van der Waals surface area (Å²) in [7, 11) is 0. The van der Waals surface area contributed by atoms with Crippen molar-refractivity contribution in [2.75, 3.05) is 11.5 Å². The van der Waals surface area contributed by atoms with Gasteiger partial charge in [0.2, 0.25) is 0 Å². The van der Waals surface area contributed by atoms with Crippen LogP contribution in [0.15, 0.2) is 36.4 Å². The monoisotopic (exact) mass is 280 g/mol. The Kier molecular flexibility index (Phi) is 3.06. The van der Waals surface area contributed by atoms with Crippen molar-refractivity contribution in [1.29, 1.82) is 0 Å². The van der Waals surface area contributed by atoms with Gasteiger partial charge in [0.1, 0.15) is 0 Å². The third kappa shape index (κ3) is 2.20. The molecule has 2 aromatic carbocycles. The first-order valence-electron chi connectivity index (χ1n) is 6.58. The van der Waals surface area contributed by atoms with Crippen LogP contribution in [-0.2, 0) is 0 Å². The molecule has 0 aliphatic rings. The Morgan fingerprint density at radius 2 is 1.86 bits per heavy atom. The standard InChI is InChI=1S/C15H16N6/c1-9-4-3-5-14(10(9)2)21-15(18-19-20-21)12-7-6-11(16)8-13(12)17/h3-8H,16-17H2,1-2H3. The third-order valence-corrected chi connectivity index (χ3v) is 3.59. The molecule has 3 rings (SSSR count). The number of hydrogen-bond acceptors (Lipinski definition) is 5. The lowest BCUT2D eigenvalue weighted by molar-refractivity contribution is 0.786. The fourth-order valence-electron chi connectivity index (χ4n) is 2.27. The van der Waals surface area contributed by atoms with Gasteiger partial charge in [-0.25, -0.2) is 0 Å². The van der Waals surface area contributed by atoms with Crippen LogP contribution in [0.5, 0.6) is 0 Å². The molecule has 0 fully saturated rings. The lowest BCUT2D eigenvalue weighted by Crippen LogP contribution is -2.04. The minimum atomic E-state index is 0.552. The number of benzene rings is 2. The van der Waals surface area contributed by atoms with E-state index in [-0.39, 0.29) is 0 Å². The van der Waals surface area contributed by atoms with Gasteiger partial charge in [-0.15, -0.1) is 5.10 Å². The van der Waals surface area contributed by atoms with Crippen LogP contribution in [0.3, 0.4) is 0 Å². The van der Waals surface area contributed by atoms with Gasteiger partial charge < -0.3 is 11.5 Å². The number of aromatic nitrogens is 4. The van der Waals surface area contributed by atoms with Crippen LogP contribution in [0, 0.1) is 13.8 Å². The van der Waals surface area contributed by atoms with Crippen molar-refractivity contribution in [2.45, 2.75) is 13.8 Å². The van der Waals surface area contributed by atoms with Gasteiger partial charge in [-0.2, -0.15) is 4.68 Å². The maximum Gasteiger partial charge on any atom is 0.189 e. The first kappa shape index (κ1) is 13.1. The fraction of sp³-hybridized carbons (Fsp3) is 0.133. The van der Waals surface area contributed by atoms with Crippen molar-refractivity contribution in [3.63, 3.8) is 0 Å². The van der Waals surface area contributed by atoms with E-state index in [9.17, 15) is 0 Å². The van der Waals surface area contributed by atoms with Gasteiger partial charge in [-0.1, -0.05) is 12.1 Å². The first-order valence-corrected chi connectivity index (χ1v) is 6.58. The second-order valence-corrected chi connectivity index (χ2v) is 4.98. The molecular formula is C15H16N6. The molecule has 0 saturated heterocycles. The van der Waals surface area contributed by atoms with E-state index >= 15 is 0 Å². The van der Waals surface area contributed by atoms with Gasteiger partial charge in [-0.3, -0.25) is 0 Å². The predicted molar refractivity (Wildman–Crippen MR) is 82.9 cm³/mol. The number of rotatable bonds is 2. The molecule has 0 aliphatic heterocycles. The van der Waals surface area contributed by atoms with Gasteiger partial charge in [0.15, 0.2) is 5.82 Å². The van der Waals surface area contributed by atoms with E-state index in [1.165, 1.54) is 5.56 Å². The Balaban J connectivity index is 2.20. The van der Waals surface area contributed by atoms with Gasteiger partial charge in [0.05, 0.1) is 5.69 Å². The summed E-state index contributed by atoms with van der Waals surface area (Å²) >= 11 is 0. The smallest absolute Gasteiger partial charge is 0.189 e. The van der Waals surface area contributed by atoms with Crippen molar-refractivity contribution in [3.05, 3.63) is 47.5 Å². The normalized spacial score (nSPS) is 10.8. The fourth-order valence-corrected chi connectivity index (χ4v) is 2.27. The number of nitrogens with two attached hydrogens (primary N) is 2. The summed E-state index contributed by atoms with van der Waals surface area (Å²) in [6.45, 7) is 4.10. The highest BCUT2D eigenvalue weighted by molar-refractivity contribution is 5.75. The summed E-state index contributed by atoms with van der Waals surface area (Å²) < 4.78 is 1.70. The minimum absolute atomic E-state index is 0.552. The SMILES string of the molecule is Cc1cccc(-n2nnnc2-c2ccc(N)cc2N)c1C. The zero-order valence-corrected chi connectivity index (χ0v) is 11.9. The molecule has 1 heterocycles. The highest BCUT2D eigenvalue weighted by Gasteiger charge is 2.15. The number of anilines is 2. The second-order valence-electron chi connectivity index (χ2n) is 4.98. The molecule has 1 aromatic heterocycles. The molecule has 0 amide bonds. The average Bonchev–Trinajstić information content (AvgIpc) is 2.91. The molecule has 6 heteroatoms. The number of nitrogens with zero attached hydrogens (tertiary/aromatic N) is 4. The Bertz CT molecular complexity index is 806. The van der Waals surface area contributed by atoms with E-state index in [0.29, 0.717) is 17.2 Å². The second kappa shape index (κ2) is 4.90. The molecule has 106 valence electrons. The van der Waals surface area contributed by atoms with Crippen LogP contribution in [0.1, 0.15) is 11.1 Å². The molecule has 6 nitrogen and oxygen atoms in total. The van der Waals surface area contributed by atoms with Crippen molar-refractivity contribution in [2.24, 2.45) is 0 Å². The molecule has 0 saturated carbocycles. The summed E-state index contributed by atoms with van der Waals surface area (Å²) in [5.41, 5.74) is 16.9. The molecule has 0 aliphatic carbocycles. The number of hydrogen-bond donors (Lipinski definition) is 2. The Morgan fingerprint density at radius 1 is 1.05 bits per heavy atom. The summed E-state index contributed by atoms with van der Waals surface area (Å²) in [6, 6.07) is 11.3. The van der Waals surface area contributed by atoms with E-state index in [0.717, 1.165) is 16.8 Å².